The number of hydrogen-bond acceptors (Lipinski definition) is 3. The number of nitrogens with zero attached hydrogens (tertiary/aromatic N) is 1. The Morgan fingerprint density at radius 2 is 1.75 bits per heavy atom. The third kappa shape index (κ3) is 4.53. The highest BCUT2D eigenvalue weighted by molar-refractivity contribution is 6.04. The normalized spacial score (nSPS) is 13.4. The van der Waals surface area contributed by atoms with Gasteiger partial charge in [-0.2, -0.15) is 0 Å². The monoisotopic (exact) mass is 380 g/mol. The van der Waals surface area contributed by atoms with Gasteiger partial charge in [0.05, 0.1) is 6.10 Å². The van der Waals surface area contributed by atoms with E-state index >= 15 is 0 Å². The highest BCUT2D eigenvalue weighted by atomic mass is 16.5. The van der Waals surface area contributed by atoms with Crippen LogP contribution in [0.3, 0.4) is 0 Å². The molecule has 0 atom stereocenters. The predicted octanol–water partition coefficient (Wildman–Crippen LogP) is 4.66. The highest BCUT2D eigenvalue weighted by Gasteiger charge is 2.24. The summed E-state index contributed by atoms with van der Waals surface area (Å²) in [6.07, 6.45) is 1.93. The molecular weight excluding hydrogens is 352 g/mol. The number of benzene rings is 2. The summed E-state index contributed by atoms with van der Waals surface area (Å²) < 4.78 is 5.61. The van der Waals surface area contributed by atoms with E-state index in [0.717, 1.165) is 42.1 Å². The van der Waals surface area contributed by atoms with Crippen LogP contribution in [0.1, 0.15) is 50.0 Å². The van der Waals surface area contributed by atoms with Crippen molar-refractivity contribution in [3.8, 4) is 5.75 Å². The van der Waals surface area contributed by atoms with Crippen LogP contribution in [0.4, 0.5) is 11.4 Å². The molecule has 3 rings (SSSR count). The molecule has 0 aliphatic carbocycles. The molecule has 5 nitrogen and oxygen atoms in total. The zero-order valence-corrected chi connectivity index (χ0v) is 17.0. The van der Waals surface area contributed by atoms with Gasteiger partial charge in [-0.15, -0.1) is 0 Å². The first-order chi connectivity index (χ1) is 13.3. The molecule has 0 saturated carbocycles. The maximum absolute atomic E-state index is 12.6. The fraction of sp³-hybridized carbons (Fsp3) is 0.391. The van der Waals surface area contributed by atoms with Crippen LogP contribution >= 0.6 is 0 Å². The minimum absolute atomic E-state index is 0.0343. The molecule has 0 bridgehead atoms. The van der Waals surface area contributed by atoms with Crippen LogP contribution in [-0.2, 0) is 11.2 Å². The Bertz CT molecular complexity index is 857. The van der Waals surface area contributed by atoms with Crippen molar-refractivity contribution in [2.45, 2.75) is 46.6 Å². The molecule has 1 N–H and O–H groups in total. The summed E-state index contributed by atoms with van der Waals surface area (Å²) in [7, 11) is 0. The summed E-state index contributed by atoms with van der Waals surface area (Å²) in [6.45, 7) is 8.52. The number of aryl methyl sites for hydroxylation is 1. The number of anilines is 2. The molecule has 0 spiro atoms. The number of carbonyl (C=O) groups is 2. The van der Waals surface area contributed by atoms with Gasteiger partial charge in [-0.1, -0.05) is 13.8 Å². The van der Waals surface area contributed by atoms with Gasteiger partial charge in [0.25, 0.3) is 5.91 Å². The summed E-state index contributed by atoms with van der Waals surface area (Å²) in [4.78, 5) is 26.9. The van der Waals surface area contributed by atoms with Crippen LogP contribution < -0.4 is 15.0 Å². The summed E-state index contributed by atoms with van der Waals surface area (Å²) in [5, 5.41) is 2.95. The van der Waals surface area contributed by atoms with E-state index in [1.807, 2.05) is 50.8 Å². The Kier molecular flexibility index (Phi) is 6.02. The van der Waals surface area contributed by atoms with Crippen molar-refractivity contribution >= 4 is 23.2 Å². The molecule has 1 aliphatic rings. The first-order valence-corrected chi connectivity index (χ1v) is 9.87. The van der Waals surface area contributed by atoms with Crippen LogP contribution in [0.2, 0.25) is 0 Å². The third-order valence-corrected chi connectivity index (χ3v) is 4.70. The summed E-state index contributed by atoms with van der Waals surface area (Å²) in [5.41, 5.74) is 3.37. The van der Waals surface area contributed by atoms with Gasteiger partial charge in [-0.05, 0) is 74.7 Å². The highest BCUT2D eigenvalue weighted by Crippen LogP contribution is 2.31. The molecule has 28 heavy (non-hydrogen) atoms. The van der Waals surface area contributed by atoms with Gasteiger partial charge in [0.1, 0.15) is 5.75 Å². The largest absolute Gasteiger partial charge is 0.491 e. The first-order valence-electron chi connectivity index (χ1n) is 9.87. The summed E-state index contributed by atoms with van der Waals surface area (Å²) in [5.74, 6) is 0.687. The van der Waals surface area contributed by atoms with Crippen molar-refractivity contribution in [3.63, 3.8) is 0 Å². The van der Waals surface area contributed by atoms with Crippen molar-refractivity contribution < 1.29 is 14.3 Å². The molecule has 0 radical (unpaired) electrons. The lowest BCUT2D eigenvalue weighted by Gasteiger charge is -2.31. The number of amides is 2. The number of rotatable bonds is 5. The third-order valence-electron chi connectivity index (χ3n) is 4.70. The van der Waals surface area contributed by atoms with Crippen molar-refractivity contribution in [1.29, 1.82) is 0 Å². The quantitative estimate of drug-likeness (QED) is 0.821. The van der Waals surface area contributed by atoms with Crippen LogP contribution in [0.15, 0.2) is 42.5 Å². The topological polar surface area (TPSA) is 58.6 Å². The van der Waals surface area contributed by atoms with Gasteiger partial charge < -0.3 is 15.0 Å². The Morgan fingerprint density at radius 1 is 1.04 bits per heavy atom. The number of ether oxygens (including phenoxy) is 1. The molecule has 2 aromatic carbocycles. The van der Waals surface area contributed by atoms with E-state index in [1.54, 1.807) is 24.3 Å². The van der Waals surface area contributed by atoms with Gasteiger partial charge >= 0.3 is 0 Å². The van der Waals surface area contributed by atoms with E-state index < -0.39 is 0 Å². The average Bonchev–Trinajstić information content (AvgIpc) is 2.66. The van der Waals surface area contributed by atoms with E-state index in [-0.39, 0.29) is 23.8 Å². The van der Waals surface area contributed by atoms with Crippen molar-refractivity contribution in [2.24, 2.45) is 5.92 Å². The van der Waals surface area contributed by atoms with Crippen molar-refractivity contribution in [2.75, 3.05) is 16.8 Å². The van der Waals surface area contributed by atoms with Gasteiger partial charge in [0.2, 0.25) is 5.91 Å². The summed E-state index contributed by atoms with van der Waals surface area (Å²) in [6, 6.07) is 12.9. The van der Waals surface area contributed by atoms with Crippen LogP contribution in [0.25, 0.3) is 0 Å². The lowest BCUT2D eigenvalue weighted by Crippen LogP contribution is -2.38. The van der Waals surface area contributed by atoms with Gasteiger partial charge in [-0.25, -0.2) is 0 Å². The van der Waals surface area contributed by atoms with Crippen LogP contribution in [-0.4, -0.2) is 24.5 Å². The Morgan fingerprint density at radius 3 is 2.39 bits per heavy atom. The van der Waals surface area contributed by atoms with E-state index in [1.165, 1.54) is 0 Å². The Hall–Kier alpha value is -2.82. The smallest absolute Gasteiger partial charge is 0.255 e. The zero-order valence-electron chi connectivity index (χ0n) is 17.0. The lowest BCUT2D eigenvalue weighted by atomic mass is 9.99. The number of hydrogen-bond donors (Lipinski definition) is 1. The number of carbonyl (C=O) groups excluding carboxylic acids is 2. The molecule has 1 aliphatic heterocycles. The zero-order chi connectivity index (χ0) is 20.3. The average molecular weight is 380 g/mol. The maximum Gasteiger partial charge on any atom is 0.255 e. The second-order valence-electron chi connectivity index (χ2n) is 7.74. The van der Waals surface area contributed by atoms with Crippen molar-refractivity contribution in [1.82, 2.24) is 0 Å². The Labute approximate surface area is 166 Å². The van der Waals surface area contributed by atoms with Crippen molar-refractivity contribution in [3.05, 3.63) is 53.6 Å². The minimum atomic E-state index is -0.165. The fourth-order valence-electron chi connectivity index (χ4n) is 3.38. The second-order valence-corrected chi connectivity index (χ2v) is 7.74. The van der Waals surface area contributed by atoms with Gasteiger partial charge in [0, 0.05) is 29.4 Å². The van der Waals surface area contributed by atoms with Gasteiger partial charge in [0.15, 0.2) is 0 Å². The number of fused-ring (bicyclic) bond motifs is 1. The van der Waals surface area contributed by atoms with Gasteiger partial charge in [-0.3, -0.25) is 9.59 Å². The van der Waals surface area contributed by atoms with E-state index in [0.29, 0.717) is 5.56 Å². The molecule has 148 valence electrons. The van der Waals surface area contributed by atoms with Crippen LogP contribution in [0, 0.1) is 5.92 Å². The number of nitrogens with one attached hydrogen (secondary N) is 1. The maximum atomic E-state index is 12.6. The standard InChI is InChI=1S/C23H28N2O3/c1-15(2)23(27)25-13-5-6-18-14-19(9-12-21(18)25)24-22(26)17-7-10-20(11-8-17)28-16(3)4/h7-12,14-16H,5-6,13H2,1-4H3,(H,24,26). The molecular formula is C23H28N2O3. The minimum Gasteiger partial charge on any atom is -0.491 e. The molecule has 5 heteroatoms. The molecule has 0 saturated heterocycles. The molecule has 2 amide bonds. The van der Waals surface area contributed by atoms with E-state index in [4.69, 9.17) is 4.74 Å². The second kappa shape index (κ2) is 8.46. The molecule has 2 aromatic rings. The predicted molar refractivity (Wildman–Crippen MR) is 112 cm³/mol. The summed E-state index contributed by atoms with van der Waals surface area (Å²) >= 11 is 0. The first kappa shape index (κ1) is 19.9. The molecule has 0 unspecified atom stereocenters. The van der Waals surface area contributed by atoms with Crippen LogP contribution in [0.5, 0.6) is 5.75 Å². The lowest BCUT2D eigenvalue weighted by molar-refractivity contribution is -0.121. The molecule has 0 aromatic heterocycles. The fourth-order valence-corrected chi connectivity index (χ4v) is 3.38. The van der Waals surface area contributed by atoms with E-state index in [9.17, 15) is 9.59 Å². The van der Waals surface area contributed by atoms with E-state index in [2.05, 4.69) is 5.32 Å². The Balaban J connectivity index is 1.73. The molecule has 1 heterocycles. The molecule has 0 fully saturated rings. The SMILES string of the molecule is CC(C)Oc1ccc(C(=O)Nc2ccc3c(c2)CCCN3C(=O)C(C)C)cc1.